The van der Waals surface area contributed by atoms with Crippen LogP contribution in [0.1, 0.15) is 5.56 Å². The smallest absolute Gasteiger partial charge is 0.417 e. The number of fused-ring (bicyclic) bond motifs is 1. The Balaban J connectivity index is 1.65. The molecule has 0 bridgehead atoms. The summed E-state index contributed by atoms with van der Waals surface area (Å²) in [4.78, 5) is 40.0. The monoisotopic (exact) mass is 498 g/mol. The largest absolute Gasteiger partial charge is 0.477 e. The van der Waals surface area contributed by atoms with Gasteiger partial charge in [-0.15, -0.1) is 0 Å². The molecule has 2 aromatic carbocycles. The molecule has 0 aromatic heterocycles. The number of hydrogen-bond donors (Lipinski definition) is 2. The highest BCUT2D eigenvalue weighted by molar-refractivity contribution is 6.31. The van der Waals surface area contributed by atoms with Gasteiger partial charge in [-0.05, 0) is 30.3 Å². The van der Waals surface area contributed by atoms with Gasteiger partial charge in [-0.2, -0.15) is 13.2 Å². The zero-order valence-electron chi connectivity index (χ0n) is 18.3. The van der Waals surface area contributed by atoms with Gasteiger partial charge < -0.3 is 25.2 Å². The van der Waals surface area contributed by atoms with Crippen LogP contribution in [0.25, 0.3) is 0 Å². The van der Waals surface area contributed by atoms with Gasteiger partial charge in [0, 0.05) is 19.8 Å². The van der Waals surface area contributed by atoms with E-state index in [9.17, 15) is 27.6 Å². The zero-order chi connectivity index (χ0) is 25.0. The summed E-state index contributed by atoms with van der Waals surface area (Å²) in [5.41, 5.74) is -0.555. The number of nitrogens with one attached hydrogen (secondary N) is 2. The van der Waals surface area contributed by atoms with E-state index in [1.165, 1.54) is 20.2 Å². The molecule has 3 rings (SSSR count). The Hall–Kier alpha value is -3.47. The molecule has 182 valence electrons. The van der Waals surface area contributed by atoms with Crippen LogP contribution in [0.5, 0.6) is 5.75 Å². The van der Waals surface area contributed by atoms with E-state index in [4.69, 9.17) is 16.3 Å². The van der Waals surface area contributed by atoms with Crippen molar-refractivity contribution in [3.63, 3.8) is 0 Å². The third kappa shape index (κ3) is 5.90. The number of para-hydroxylation sites is 2. The standard InChI is InChI=1S/C22H22ClF3N4O4/c1-27-21(33)18-10-30(16-5-3-4-6-17(16)34-18)12-20(32)29(2)11-19(31)28-13-7-8-15(23)14(9-13)22(24,25)26/h3-9,18H,10-12H2,1-2H3,(H,27,33)(H,28,31). The van der Waals surface area contributed by atoms with Crippen LogP contribution in [0.4, 0.5) is 24.5 Å². The Labute approximate surface area is 198 Å². The fraction of sp³-hybridized carbons (Fsp3) is 0.318. The summed E-state index contributed by atoms with van der Waals surface area (Å²) in [5.74, 6) is -1.02. The number of hydrogen-bond acceptors (Lipinski definition) is 5. The van der Waals surface area contributed by atoms with Crippen molar-refractivity contribution < 1.29 is 32.3 Å². The fourth-order valence-electron chi connectivity index (χ4n) is 3.36. The molecule has 2 N–H and O–H groups in total. The number of halogens is 4. The van der Waals surface area contributed by atoms with Gasteiger partial charge in [0.05, 0.1) is 35.9 Å². The Morgan fingerprint density at radius 2 is 1.91 bits per heavy atom. The lowest BCUT2D eigenvalue weighted by molar-refractivity contribution is -0.137. The van der Waals surface area contributed by atoms with Crippen LogP contribution in [0.3, 0.4) is 0 Å². The van der Waals surface area contributed by atoms with E-state index < -0.39 is 41.2 Å². The highest BCUT2D eigenvalue weighted by Gasteiger charge is 2.34. The Morgan fingerprint density at radius 3 is 2.59 bits per heavy atom. The van der Waals surface area contributed by atoms with Gasteiger partial charge in [0.15, 0.2) is 6.10 Å². The molecule has 12 heteroatoms. The molecule has 0 saturated heterocycles. The normalized spacial score (nSPS) is 15.1. The van der Waals surface area contributed by atoms with Crippen molar-refractivity contribution in [1.82, 2.24) is 10.2 Å². The summed E-state index contributed by atoms with van der Waals surface area (Å²) in [6, 6.07) is 9.93. The fourth-order valence-corrected chi connectivity index (χ4v) is 3.59. The van der Waals surface area contributed by atoms with Crippen molar-refractivity contribution in [2.45, 2.75) is 12.3 Å². The summed E-state index contributed by atoms with van der Waals surface area (Å²) < 4.78 is 44.8. The molecule has 1 aliphatic rings. The third-order valence-electron chi connectivity index (χ3n) is 5.09. The lowest BCUT2D eigenvalue weighted by Crippen LogP contribution is -2.51. The third-order valence-corrected chi connectivity index (χ3v) is 5.42. The van der Waals surface area contributed by atoms with E-state index >= 15 is 0 Å². The van der Waals surface area contributed by atoms with Crippen LogP contribution in [-0.2, 0) is 20.6 Å². The summed E-state index contributed by atoms with van der Waals surface area (Å²) in [6.07, 6.45) is -5.50. The SMILES string of the molecule is CNC(=O)C1CN(CC(=O)N(C)CC(=O)Nc2ccc(Cl)c(C(F)(F)F)c2)c2ccccc2O1. The molecule has 1 heterocycles. The van der Waals surface area contributed by atoms with Gasteiger partial charge in [0.25, 0.3) is 5.91 Å². The number of alkyl halides is 3. The second-order valence-corrected chi connectivity index (χ2v) is 7.97. The van der Waals surface area contributed by atoms with Gasteiger partial charge in [-0.25, -0.2) is 0 Å². The molecule has 0 aliphatic carbocycles. The molecule has 2 aromatic rings. The summed E-state index contributed by atoms with van der Waals surface area (Å²) in [7, 11) is 2.87. The molecule has 0 spiro atoms. The Bertz CT molecular complexity index is 1100. The van der Waals surface area contributed by atoms with Crippen molar-refractivity contribution in [1.29, 1.82) is 0 Å². The number of anilines is 2. The lowest BCUT2D eigenvalue weighted by Gasteiger charge is -2.35. The molecular formula is C22H22ClF3N4O4. The first-order valence-electron chi connectivity index (χ1n) is 10.1. The zero-order valence-corrected chi connectivity index (χ0v) is 19.0. The lowest BCUT2D eigenvalue weighted by atomic mass is 10.1. The Morgan fingerprint density at radius 1 is 1.21 bits per heavy atom. The van der Waals surface area contributed by atoms with E-state index in [0.717, 1.165) is 17.0 Å². The molecular weight excluding hydrogens is 477 g/mol. The molecule has 1 atom stereocenters. The Kier molecular flexibility index (Phi) is 7.55. The quantitative estimate of drug-likeness (QED) is 0.639. The molecule has 3 amide bonds. The van der Waals surface area contributed by atoms with Crippen molar-refractivity contribution in [3.05, 3.63) is 53.1 Å². The first kappa shape index (κ1) is 25.2. The maximum atomic E-state index is 13.0. The van der Waals surface area contributed by atoms with Crippen molar-refractivity contribution in [2.24, 2.45) is 0 Å². The highest BCUT2D eigenvalue weighted by atomic mass is 35.5. The van der Waals surface area contributed by atoms with Gasteiger partial charge in [0.1, 0.15) is 5.75 Å². The highest BCUT2D eigenvalue weighted by Crippen LogP contribution is 2.36. The summed E-state index contributed by atoms with van der Waals surface area (Å²) in [6.45, 7) is -0.419. The predicted octanol–water partition coefficient (Wildman–Crippen LogP) is 2.77. The van der Waals surface area contributed by atoms with E-state index in [1.807, 2.05) is 0 Å². The van der Waals surface area contributed by atoms with Gasteiger partial charge in [0.2, 0.25) is 11.8 Å². The first-order chi connectivity index (χ1) is 16.0. The van der Waals surface area contributed by atoms with Crippen LogP contribution in [0.2, 0.25) is 5.02 Å². The molecule has 34 heavy (non-hydrogen) atoms. The maximum Gasteiger partial charge on any atom is 0.417 e. The summed E-state index contributed by atoms with van der Waals surface area (Å²) in [5, 5.41) is 4.36. The molecule has 8 nitrogen and oxygen atoms in total. The number of amides is 3. The van der Waals surface area contributed by atoms with E-state index in [1.54, 1.807) is 29.2 Å². The number of likely N-dealkylation sites (N-methyl/N-ethyl adjacent to an activating group) is 2. The van der Waals surface area contributed by atoms with Crippen LogP contribution < -0.4 is 20.3 Å². The second-order valence-electron chi connectivity index (χ2n) is 7.56. The van der Waals surface area contributed by atoms with Crippen molar-refractivity contribution in [2.75, 3.05) is 43.9 Å². The molecule has 0 fully saturated rings. The minimum Gasteiger partial charge on any atom is -0.477 e. The van der Waals surface area contributed by atoms with Crippen LogP contribution in [0.15, 0.2) is 42.5 Å². The van der Waals surface area contributed by atoms with Gasteiger partial charge in [-0.3, -0.25) is 14.4 Å². The van der Waals surface area contributed by atoms with Crippen molar-refractivity contribution >= 4 is 40.7 Å². The number of nitrogens with zero attached hydrogens (tertiary/aromatic N) is 2. The van der Waals surface area contributed by atoms with E-state index in [-0.39, 0.29) is 24.7 Å². The molecule has 1 unspecified atom stereocenters. The predicted molar refractivity (Wildman–Crippen MR) is 120 cm³/mol. The average Bonchev–Trinajstić information content (AvgIpc) is 2.78. The second kappa shape index (κ2) is 10.2. The van der Waals surface area contributed by atoms with Crippen molar-refractivity contribution in [3.8, 4) is 5.75 Å². The number of benzene rings is 2. The first-order valence-corrected chi connectivity index (χ1v) is 10.5. The van der Waals surface area contributed by atoms with Crippen LogP contribution in [0, 0.1) is 0 Å². The van der Waals surface area contributed by atoms with E-state index in [2.05, 4.69) is 10.6 Å². The molecule has 0 saturated carbocycles. The molecule has 1 aliphatic heterocycles. The van der Waals surface area contributed by atoms with Crippen LogP contribution >= 0.6 is 11.6 Å². The van der Waals surface area contributed by atoms with Gasteiger partial charge >= 0.3 is 6.18 Å². The maximum absolute atomic E-state index is 13.0. The number of ether oxygens (including phenoxy) is 1. The molecule has 0 radical (unpaired) electrons. The number of rotatable bonds is 6. The minimum absolute atomic E-state index is 0.0990. The van der Waals surface area contributed by atoms with Gasteiger partial charge in [-0.1, -0.05) is 23.7 Å². The topological polar surface area (TPSA) is 91.0 Å². The van der Waals surface area contributed by atoms with Crippen LogP contribution in [-0.4, -0.2) is 62.5 Å². The minimum atomic E-state index is -4.68. The summed E-state index contributed by atoms with van der Waals surface area (Å²) >= 11 is 5.59. The number of carbonyl (C=O) groups is 3. The van der Waals surface area contributed by atoms with E-state index in [0.29, 0.717) is 11.4 Å². The number of carbonyl (C=O) groups excluding carboxylic acids is 3. The average molecular weight is 499 g/mol.